The van der Waals surface area contributed by atoms with Crippen LogP contribution in [0.15, 0.2) is 47.4 Å². The van der Waals surface area contributed by atoms with Gasteiger partial charge in [-0.1, -0.05) is 12.1 Å². The highest BCUT2D eigenvalue weighted by molar-refractivity contribution is 7.98. The van der Waals surface area contributed by atoms with Crippen molar-refractivity contribution in [3.8, 4) is 5.75 Å². The molecule has 7 heteroatoms. The molecule has 0 saturated heterocycles. The van der Waals surface area contributed by atoms with Crippen molar-refractivity contribution in [1.29, 1.82) is 0 Å². The second kappa shape index (κ2) is 8.35. The minimum Gasteiger partial charge on any atom is -0.497 e. The topological polar surface area (TPSA) is 81.5 Å². The lowest BCUT2D eigenvalue weighted by Gasteiger charge is -2.07. The number of ether oxygens (including phenoxy) is 1. The third-order valence-corrected chi connectivity index (χ3v) is 4.28. The summed E-state index contributed by atoms with van der Waals surface area (Å²) in [5.74, 6) is 0.461. The standard InChI is InChI=1S/C17H18N2O4S/c1-23-14-6-3-12(4-7-14)9-10-18-17(20)13-5-8-16(24-2)15(11-13)19(21)22/h3-8,11H,9-10H2,1-2H3,(H,18,20). The van der Waals surface area contributed by atoms with Gasteiger partial charge in [0.05, 0.1) is 16.9 Å². The van der Waals surface area contributed by atoms with Crippen LogP contribution in [0.2, 0.25) is 0 Å². The van der Waals surface area contributed by atoms with Crippen LogP contribution < -0.4 is 10.1 Å². The second-order valence-corrected chi connectivity index (χ2v) is 5.85. The molecule has 0 saturated carbocycles. The van der Waals surface area contributed by atoms with Crippen LogP contribution in [0.25, 0.3) is 0 Å². The predicted molar refractivity (Wildman–Crippen MR) is 93.9 cm³/mol. The first-order valence-corrected chi connectivity index (χ1v) is 8.51. The van der Waals surface area contributed by atoms with Crippen LogP contribution in [0.4, 0.5) is 5.69 Å². The van der Waals surface area contributed by atoms with Gasteiger partial charge in [-0.05, 0) is 42.5 Å². The highest BCUT2D eigenvalue weighted by Crippen LogP contribution is 2.28. The molecule has 0 atom stereocenters. The molecule has 6 nitrogen and oxygen atoms in total. The first-order valence-electron chi connectivity index (χ1n) is 7.28. The summed E-state index contributed by atoms with van der Waals surface area (Å²) in [5, 5.41) is 13.8. The molecule has 1 amide bonds. The SMILES string of the molecule is COc1ccc(CCNC(=O)c2ccc(SC)c([N+](=O)[O-])c2)cc1. The molecule has 2 aromatic rings. The average Bonchev–Trinajstić information content (AvgIpc) is 2.61. The Bertz CT molecular complexity index is 732. The van der Waals surface area contributed by atoms with Gasteiger partial charge in [0.2, 0.25) is 0 Å². The summed E-state index contributed by atoms with van der Waals surface area (Å²) in [6, 6.07) is 12.1. The Kier molecular flexibility index (Phi) is 6.20. The van der Waals surface area contributed by atoms with Gasteiger partial charge in [-0.3, -0.25) is 14.9 Å². The van der Waals surface area contributed by atoms with Gasteiger partial charge < -0.3 is 10.1 Å². The molecule has 0 aromatic heterocycles. The van der Waals surface area contributed by atoms with E-state index in [9.17, 15) is 14.9 Å². The lowest BCUT2D eigenvalue weighted by molar-refractivity contribution is -0.387. The zero-order chi connectivity index (χ0) is 17.5. The van der Waals surface area contributed by atoms with Crippen molar-refractivity contribution >= 4 is 23.4 Å². The number of nitrogens with one attached hydrogen (secondary N) is 1. The van der Waals surface area contributed by atoms with Crippen molar-refractivity contribution in [2.75, 3.05) is 19.9 Å². The van der Waals surface area contributed by atoms with E-state index in [2.05, 4.69) is 5.32 Å². The average molecular weight is 346 g/mol. The summed E-state index contributed by atoms with van der Waals surface area (Å²) >= 11 is 1.28. The van der Waals surface area contributed by atoms with Gasteiger partial charge in [-0.15, -0.1) is 11.8 Å². The number of nitrogens with zero attached hydrogens (tertiary/aromatic N) is 1. The van der Waals surface area contributed by atoms with E-state index in [1.54, 1.807) is 25.5 Å². The number of benzene rings is 2. The van der Waals surface area contributed by atoms with Crippen molar-refractivity contribution < 1.29 is 14.5 Å². The number of nitro groups is 1. The summed E-state index contributed by atoms with van der Waals surface area (Å²) in [6.07, 6.45) is 2.43. The Morgan fingerprint density at radius 1 is 1.25 bits per heavy atom. The van der Waals surface area contributed by atoms with Crippen LogP contribution in [0.5, 0.6) is 5.75 Å². The van der Waals surface area contributed by atoms with Crippen LogP contribution in [-0.4, -0.2) is 30.7 Å². The summed E-state index contributed by atoms with van der Waals surface area (Å²) in [4.78, 5) is 23.3. The molecule has 0 heterocycles. The summed E-state index contributed by atoms with van der Waals surface area (Å²) < 4.78 is 5.09. The molecule has 0 aliphatic heterocycles. The minimum atomic E-state index is -0.472. The van der Waals surface area contributed by atoms with Crippen LogP contribution in [-0.2, 0) is 6.42 Å². The zero-order valence-electron chi connectivity index (χ0n) is 13.4. The maximum Gasteiger partial charge on any atom is 0.283 e. The van der Waals surface area contributed by atoms with Crippen LogP contribution in [0, 0.1) is 10.1 Å². The summed E-state index contributed by atoms with van der Waals surface area (Å²) in [5.41, 5.74) is 1.30. The van der Waals surface area contributed by atoms with Crippen LogP contribution >= 0.6 is 11.8 Å². The number of rotatable bonds is 7. The van der Waals surface area contributed by atoms with Crippen molar-refractivity contribution in [1.82, 2.24) is 5.32 Å². The molecular weight excluding hydrogens is 328 g/mol. The third kappa shape index (κ3) is 4.48. The zero-order valence-corrected chi connectivity index (χ0v) is 14.3. The van der Waals surface area contributed by atoms with Crippen LogP contribution in [0.1, 0.15) is 15.9 Å². The number of carbonyl (C=O) groups excluding carboxylic acids is 1. The predicted octanol–water partition coefficient (Wildman–Crippen LogP) is 3.30. The smallest absolute Gasteiger partial charge is 0.283 e. The normalized spacial score (nSPS) is 10.2. The second-order valence-electron chi connectivity index (χ2n) is 5.00. The van der Waals surface area contributed by atoms with Gasteiger partial charge in [0.15, 0.2) is 0 Å². The van der Waals surface area contributed by atoms with Gasteiger partial charge in [0.1, 0.15) is 5.75 Å². The van der Waals surface area contributed by atoms with Gasteiger partial charge in [0.25, 0.3) is 11.6 Å². The fourth-order valence-corrected chi connectivity index (χ4v) is 2.74. The minimum absolute atomic E-state index is 0.0506. The molecule has 0 bridgehead atoms. The van der Waals surface area contributed by atoms with Crippen molar-refractivity contribution in [3.05, 3.63) is 63.7 Å². The fourth-order valence-electron chi connectivity index (χ4n) is 2.19. The van der Waals surface area contributed by atoms with Gasteiger partial charge in [0, 0.05) is 18.2 Å². The molecule has 0 spiro atoms. The van der Waals surface area contributed by atoms with E-state index >= 15 is 0 Å². The monoisotopic (exact) mass is 346 g/mol. The Morgan fingerprint density at radius 2 is 1.96 bits per heavy atom. The molecule has 126 valence electrons. The van der Waals surface area contributed by atoms with Gasteiger partial charge >= 0.3 is 0 Å². The number of hydrogen-bond acceptors (Lipinski definition) is 5. The number of amides is 1. The number of nitro benzene ring substituents is 1. The maximum atomic E-state index is 12.1. The first kappa shape index (κ1) is 17.8. The summed E-state index contributed by atoms with van der Waals surface area (Å²) in [6.45, 7) is 0.448. The van der Waals surface area contributed by atoms with E-state index in [1.807, 2.05) is 24.3 Å². The molecule has 0 fully saturated rings. The van der Waals surface area contributed by atoms with Crippen molar-refractivity contribution in [3.63, 3.8) is 0 Å². The third-order valence-electron chi connectivity index (χ3n) is 3.50. The van der Waals surface area contributed by atoms with Gasteiger partial charge in [-0.25, -0.2) is 0 Å². The Balaban J connectivity index is 1.96. The molecule has 0 radical (unpaired) electrons. The molecule has 2 rings (SSSR count). The molecule has 0 aliphatic rings. The number of methoxy groups -OCH3 is 1. The highest BCUT2D eigenvalue weighted by Gasteiger charge is 2.16. The first-order chi connectivity index (χ1) is 11.5. The molecule has 0 unspecified atom stereocenters. The quantitative estimate of drug-likeness (QED) is 0.472. The fraction of sp³-hybridized carbons (Fsp3) is 0.235. The Morgan fingerprint density at radius 3 is 2.54 bits per heavy atom. The van der Waals surface area contributed by atoms with Crippen LogP contribution in [0.3, 0.4) is 0 Å². The molecule has 2 aromatic carbocycles. The van der Waals surface area contributed by atoms with Crippen molar-refractivity contribution in [2.24, 2.45) is 0 Å². The highest BCUT2D eigenvalue weighted by atomic mass is 32.2. The Labute approximate surface area is 144 Å². The van der Waals surface area contributed by atoms with E-state index in [4.69, 9.17) is 4.74 Å². The molecule has 24 heavy (non-hydrogen) atoms. The van der Waals surface area contributed by atoms with Gasteiger partial charge in [-0.2, -0.15) is 0 Å². The van der Waals surface area contributed by atoms with E-state index in [-0.39, 0.29) is 17.2 Å². The largest absolute Gasteiger partial charge is 0.497 e. The summed E-state index contributed by atoms with van der Waals surface area (Å²) in [7, 11) is 1.61. The lowest BCUT2D eigenvalue weighted by atomic mass is 10.1. The van der Waals surface area contributed by atoms with E-state index in [1.165, 1.54) is 17.8 Å². The van der Waals surface area contributed by atoms with E-state index < -0.39 is 4.92 Å². The number of carbonyl (C=O) groups is 1. The maximum absolute atomic E-state index is 12.1. The van der Waals surface area contributed by atoms with Crippen molar-refractivity contribution in [2.45, 2.75) is 11.3 Å². The van der Waals surface area contributed by atoms with E-state index in [0.717, 1.165) is 11.3 Å². The number of thioether (sulfide) groups is 1. The lowest BCUT2D eigenvalue weighted by Crippen LogP contribution is -2.25. The van der Waals surface area contributed by atoms with E-state index in [0.29, 0.717) is 17.9 Å². The molecular formula is C17H18N2O4S. The number of hydrogen-bond donors (Lipinski definition) is 1. The molecule has 1 N–H and O–H groups in total. The molecule has 0 aliphatic carbocycles. The Hall–Kier alpha value is -2.54.